The summed E-state index contributed by atoms with van der Waals surface area (Å²) < 4.78 is 5.54. The molecule has 0 radical (unpaired) electrons. The number of aliphatic imine (C=N–C) groups is 1. The van der Waals surface area contributed by atoms with E-state index >= 15 is 0 Å². The third kappa shape index (κ3) is 6.84. The zero-order valence-electron chi connectivity index (χ0n) is 13.7. The molecule has 1 aliphatic carbocycles. The van der Waals surface area contributed by atoms with Crippen molar-refractivity contribution in [3.63, 3.8) is 0 Å². The molecule has 0 amide bonds. The Morgan fingerprint density at radius 3 is 2.74 bits per heavy atom. The molecule has 0 bridgehead atoms. The van der Waals surface area contributed by atoms with Crippen molar-refractivity contribution < 1.29 is 9.84 Å². The summed E-state index contributed by atoms with van der Waals surface area (Å²) in [5.41, 5.74) is 1.10. The summed E-state index contributed by atoms with van der Waals surface area (Å²) in [7, 11) is 0. The van der Waals surface area contributed by atoms with Crippen molar-refractivity contribution in [3.05, 3.63) is 48.0 Å². The molecular weight excluding hydrogens is 290 g/mol. The van der Waals surface area contributed by atoms with Crippen LogP contribution in [0, 0.1) is 0 Å². The number of hydrogen-bond acceptors (Lipinski definition) is 3. The average molecular weight is 317 g/mol. The summed E-state index contributed by atoms with van der Waals surface area (Å²) in [4.78, 5) is 4.44. The predicted octanol–water partition coefficient (Wildman–Crippen LogP) is 1.84. The minimum atomic E-state index is -0.601. The third-order valence-corrected chi connectivity index (χ3v) is 3.57. The zero-order chi connectivity index (χ0) is 16.3. The molecule has 0 heterocycles. The first kappa shape index (κ1) is 17.5. The lowest BCUT2D eigenvalue weighted by molar-refractivity contribution is 0.0331. The fraction of sp³-hybridized carbons (Fsp3) is 0.500. The lowest BCUT2D eigenvalue weighted by atomic mass is 10.2. The SMILES string of the molecule is CCNC(=NCC(O)COCc1ccccc1)NC1CC=CC1. The van der Waals surface area contributed by atoms with E-state index in [0.717, 1.165) is 30.9 Å². The summed E-state index contributed by atoms with van der Waals surface area (Å²) in [6.07, 6.45) is 5.79. The van der Waals surface area contributed by atoms with Crippen molar-refractivity contribution in [3.8, 4) is 0 Å². The highest BCUT2D eigenvalue weighted by molar-refractivity contribution is 5.80. The van der Waals surface area contributed by atoms with Crippen LogP contribution in [-0.2, 0) is 11.3 Å². The van der Waals surface area contributed by atoms with Crippen LogP contribution in [0.3, 0.4) is 0 Å². The largest absolute Gasteiger partial charge is 0.389 e. The number of ether oxygens (including phenoxy) is 1. The van der Waals surface area contributed by atoms with E-state index in [9.17, 15) is 5.11 Å². The fourth-order valence-electron chi connectivity index (χ4n) is 2.38. The Bertz CT molecular complexity index is 494. The molecule has 126 valence electrons. The molecule has 23 heavy (non-hydrogen) atoms. The number of nitrogens with zero attached hydrogens (tertiary/aromatic N) is 1. The van der Waals surface area contributed by atoms with Crippen molar-refractivity contribution in [2.75, 3.05) is 19.7 Å². The van der Waals surface area contributed by atoms with Gasteiger partial charge in [0.1, 0.15) is 0 Å². The highest BCUT2D eigenvalue weighted by atomic mass is 16.5. The summed E-state index contributed by atoms with van der Waals surface area (Å²) in [6, 6.07) is 10.3. The minimum Gasteiger partial charge on any atom is -0.389 e. The molecule has 1 aromatic carbocycles. The lowest BCUT2D eigenvalue weighted by Crippen LogP contribution is -2.43. The molecule has 5 heteroatoms. The Kier molecular flexibility index (Phi) is 7.63. The van der Waals surface area contributed by atoms with Gasteiger partial charge in [0.2, 0.25) is 0 Å². The number of nitrogens with one attached hydrogen (secondary N) is 2. The standard InChI is InChI=1S/C18H27N3O2/c1-2-19-18(21-16-10-6-7-11-16)20-12-17(22)14-23-13-15-8-4-3-5-9-15/h3-9,16-17,22H,2,10-14H2,1H3,(H2,19,20,21). The van der Waals surface area contributed by atoms with Crippen LogP contribution in [0.2, 0.25) is 0 Å². The van der Waals surface area contributed by atoms with Crippen molar-refractivity contribution in [1.82, 2.24) is 10.6 Å². The van der Waals surface area contributed by atoms with Crippen LogP contribution in [0.5, 0.6) is 0 Å². The van der Waals surface area contributed by atoms with E-state index in [1.807, 2.05) is 37.3 Å². The second-order valence-electron chi connectivity index (χ2n) is 5.66. The highest BCUT2D eigenvalue weighted by Gasteiger charge is 2.12. The number of guanidine groups is 1. The molecule has 1 aliphatic rings. The van der Waals surface area contributed by atoms with E-state index in [4.69, 9.17) is 4.74 Å². The first-order valence-corrected chi connectivity index (χ1v) is 8.27. The monoisotopic (exact) mass is 317 g/mol. The average Bonchev–Trinajstić information content (AvgIpc) is 3.07. The number of aliphatic hydroxyl groups is 1. The van der Waals surface area contributed by atoms with Gasteiger partial charge in [-0.05, 0) is 25.3 Å². The summed E-state index contributed by atoms with van der Waals surface area (Å²) in [5, 5.41) is 16.6. The molecule has 0 saturated carbocycles. The second kappa shape index (κ2) is 10.0. The second-order valence-corrected chi connectivity index (χ2v) is 5.66. The smallest absolute Gasteiger partial charge is 0.191 e. The molecule has 1 atom stereocenters. The molecule has 0 fully saturated rings. The van der Waals surface area contributed by atoms with E-state index in [-0.39, 0.29) is 6.61 Å². The number of hydrogen-bond donors (Lipinski definition) is 3. The van der Waals surface area contributed by atoms with Gasteiger partial charge in [0.25, 0.3) is 0 Å². The van der Waals surface area contributed by atoms with Gasteiger partial charge in [-0.15, -0.1) is 0 Å². The first-order chi connectivity index (χ1) is 11.3. The van der Waals surface area contributed by atoms with Crippen LogP contribution in [0.4, 0.5) is 0 Å². The van der Waals surface area contributed by atoms with Crippen LogP contribution >= 0.6 is 0 Å². The Morgan fingerprint density at radius 2 is 2.04 bits per heavy atom. The predicted molar refractivity (Wildman–Crippen MR) is 93.4 cm³/mol. The Hall–Kier alpha value is -1.85. The van der Waals surface area contributed by atoms with Crippen molar-refractivity contribution in [2.45, 2.75) is 38.5 Å². The quantitative estimate of drug-likeness (QED) is 0.389. The normalized spacial score (nSPS) is 16.5. The topological polar surface area (TPSA) is 65.9 Å². The molecule has 0 aromatic heterocycles. The molecule has 0 aliphatic heterocycles. The van der Waals surface area contributed by atoms with Gasteiger partial charge in [-0.25, -0.2) is 0 Å². The van der Waals surface area contributed by atoms with E-state index in [1.54, 1.807) is 0 Å². The maximum atomic E-state index is 10.0. The van der Waals surface area contributed by atoms with E-state index in [1.165, 1.54) is 0 Å². The molecule has 0 saturated heterocycles. The van der Waals surface area contributed by atoms with Crippen LogP contribution in [0.1, 0.15) is 25.3 Å². The van der Waals surface area contributed by atoms with Gasteiger partial charge in [-0.3, -0.25) is 4.99 Å². The third-order valence-electron chi connectivity index (χ3n) is 3.57. The maximum absolute atomic E-state index is 10.0. The highest BCUT2D eigenvalue weighted by Crippen LogP contribution is 2.08. The molecule has 5 nitrogen and oxygen atoms in total. The number of benzene rings is 1. The zero-order valence-corrected chi connectivity index (χ0v) is 13.7. The summed E-state index contributed by atoms with van der Waals surface area (Å²) in [5.74, 6) is 0.753. The van der Waals surface area contributed by atoms with Crippen LogP contribution in [0.15, 0.2) is 47.5 Å². The van der Waals surface area contributed by atoms with Gasteiger partial charge >= 0.3 is 0 Å². The lowest BCUT2D eigenvalue weighted by Gasteiger charge is -2.17. The van der Waals surface area contributed by atoms with Gasteiger partial charge in [-0.1, -0.05) is 42.5 Å². The van der Waals surface area contributed by atoms with Gasteiger partial charge in [0.15, 0.2) is 5.96 Å². The van der Waals surface area contributed by atoms with Gasteiger partial charge in [0, 0.05) is 12.6 Å². The van der Waals surface area contributed by atoms with Crippen molar-refractivity contribution >= 4 is 5.96 Å². The summed E-state index contributed by atoms with van der Waals surface area (Å²) in [6.45, 7) is 3.94. The van der Waals surface area contributed by atoms with E-state index in [2.05, 4.69) is 27.8 Å². The van der Waals surface area contributed by atoms with Crippen LogP contribution < -0.4 is 10.6 Å². The Labute approximate surface area is 138 Å². The first-order valence-electron chi connectivity index (χ1n) is 8.27. The Balaban J connectivity index is 1.69. The van der Waals surface area contributed by atoms with Crippen LogP contribution in [0.25, 0.3) is 0 Å². The maximum Gasteiger partial charge on any atom is 0.191 e. The summed E-state index contributed by atoms with van der Waals surface area (Å²) >= 11 is 0. The minimum absolute atomic E-state index is 0.281. The van der Waals surface area contributed by atoms with Crippen molar-refractivity contribution in [2.24, 2.45) is 4.99 Å². The van der Waals surface area contributed by atoms with Crippen molar-refractivity contribution in [1.29, 1.82) is 0 Å². The molecule has 2 rings (SSSR count). The molecule has 3 N–H and O–H groups in total. The number of rotatable bonds is 8. The van der Waals surface area contributed by atoms with E-state index in [0.29, 0.717) is 19.2 Å². The molecule has 1 aromatic rings. The van der Waals surface area contributed by atoms with Gasteiger partial charge < -0.3 is 20.5 Å². The molecule has 1 unspecified atom stereocenters. The number of aliphatic hydroxyl groups excluding tert-OH is 1. The van der Waals surface area contributed by atoms with Gasteiger partial charge in [-0.2, -0.15) is 0 Å². The molecule has 0 spiro atoms. The molecular formula is C18H27N3O2. The van der Waals surface area contributed by atoms with E-state index < -0.39 is 6.10 Å². The fourth-order valence-corrected chi connectivity index (χ4v) is 2.38. The van der Waals surface area contributed by atoms with Gasteiger partial charge in [0.05, 0.1) is 25.9 Å². The van der Waals surface area contributed by atoms with Crippen LogP contribution in [-0.4, -0.2) is 42.9 Å². The Morgan fingerprint density at radius 1 is 1.30 bits per heavy atom.